The van der Waals surface area contributed by atoms with Crippen LogP contribution in [0.25, 0.3) is 22.1 Å². The summed E-state index contributed by atoms with van der Waals surface area (Å²) in [5.41, 5.74) is -1.61. The fraction of sp³-hybridized carbons (Fsp3) is 0.423. The van der Waals surface area contributed by atoms with Gasteiger partial charge in [0.15, 0.2) is 5.65 Å². The minimum Gasteiger partial charge on any atom is -0.462 e. The van der Waals surface area contributed by atoms with Crippen LogP contribution < -0.4 is 26.9 Å². The van der Waals surface area contributed by atoms with Crippen molar-refractivity contribution < 1.29 is 39.1 Å². The Morgan fingerprint density at radius 2 is 1.86 bits per heavy atom. The first kappa shape index (κ1) is 29.2. The second kappa shape index (κ2) is 11.5. The molecule has 16 nitrogen and oxygen atoms in total. The average molecular weight is 588 g/mol. The lowest BCUT2D eigenvalue weighted by atomic mass is 9.99. The number of aliphatic hydroxyl groups excluding tert-OH is 4. The van der Waals surface area contributed by atoms with E-state index >= 15 is 0 Å². The largest absolute Gasteiger partial charge is 0.462 e. The Kier molecular flexibility index (Phi) is 7.98. The Bertz CT molecular complexity index is 1820. The van der Waals surface area contributed by atoms with Gasteiger partial charge in [-0.15, -0.1) is 0 Å². The number of carbonyl (C=O) groups excluding carboxylic acids is 1. The molecule has 0 bridgehead atoms. The zero-order chi connectivity index (χ0) is 30.3. The monoisotopic (exact) mass is 587 g/mol. The number of aliphatic hydroxyl groups is 4. The Labute approximate surface area is 235 Å². The standard InChI is InChI=1S/C26H29N5O11/c1-30-21-17(23(37)31(2)26(30)39)28-16(29-21)4-3-7-27-22(36)13-8-11-5-6-12(9-14(11)41-24(13)38)40-25-20(35)19(34)18(33)15(10-32)42-25/h5-6,8-9,15,18-20,25,32-35H,3-4,7,10H2,1-2H3,(H,27,36)(H,28,29)/t15-,18+,19+,20-,25-/m1/s1. The molecule has 224 valence electrons. The number of amides is 1. The van der Waals surface area contributed by atoms with Gasteiger partial charge in [0.25, 0.3) is 11.5 Å². The topological polar surface area (TPSA) is 231 Å². The number of ether oxygens (including phenoxy) is 2. The number of imidazole rings is 1. The van der Waals surface area contributed by atoms with E-state index in [-0.39, 0.29) is 34.6 Å². The minimum atomic E-state index is -1.62. The van der Waals surface area contributed by atoms with E-state index in [1.165, 1.54) is 42.9 Å². The van der Waals surface area contributed by atoms with Gasteiger partial charge in [0.2, 0.25) is 6.29 Å². The van der Waals surface area contributed by atoms with Crippen LogP contribution in [-0.2, 0) is 25.3 Å². The van der Waals surface area contributed by atoms with Crippen molar-refractivity contribution in [2.45, 2.75) is 43.5 Å². The maximum absolute atomic E-state index is 12.7. The number of hydrogen-bond donors (Lipinski definition) is 6. The molecule has 0 saturated carbocycles. The van der Waals surface area contributed by atoms with Crippen molar-refractivity contribution in [2.24, 2.45) is 14.1 Å². The molecule has 6 N–H and O–H groups in total. The molecule has 4 heterocycles. The van der Waals surface area contributed by atoms with E-state index in [1.54, 1.807) is 0 Å². The van der Waals surface area contributed by atoms with E-state index in [9.17, 15) is 39.6 Å². The van der Waals surface area contributed by atoms with Crippen LogP contribution in [0, 0.1) is 0 Å². The van der Waals surface area contributed by atoms with Gasteiger partial charge < -0.3 is 44.6 Å². The number of aryl methyl sites for hydroxylation is 2. The highest BCUT2D eigenvalue weighted by Crippen LogP contribution is 2.26. The Balaban J connectivity index is 1.22. The zero-order valence-corrected chi connectivity index (χ0v) is 22.5. The Hall–Kier alpha value is -4.35. The normalized spacial score (nSPS) is 22.5. The van der Waals surface area contributed by atoms with Crippen molar-refractivity contribution in [3.8, 4) is 5.75 Å². The molecule has 3 aromatic heterocycles. The van der Waals surface area contributed by atoms with Crippen molar-refractivity contribution in [3.63, 3.8) is 0 Å². The zero-order valence-electron chi connectivity index (χ0n) is 22.5. The van der Waals surface area contributed by atoms with Gasteiger partial charge in [-0.05, 0) is 24.6 Å². The molecule has 1 saturated heterocycles. The van der Waals surface area contributed by atoms with Crippen LogP contribution in [0.15, 0.2) is 43.1 Å². The van der Waals surface area contributed by atoms with E-state index in [1.807, 2.05) is 0 Å². The van der Waals surface area contributed by atoms with Crippen LogP contribution in [0.5, 0.6) is 5.75 Å². The number of aromatic amines is 1. The molecular formula is C26H29N5O11. The molecule has 42 heavy (non-hydrogen) atoms. The number of rotatable bonds is 8. The minimum absolute atomic E-state index is 0.0732. The molecule has 0 unspecified atom stereocenters. The third kappa shape index (κ3) is 5.33. The van der Waals surface area contributed by atoms with Crippen LogP contribution in [0.2, 0.25) is 0 Å². The number of benzene rings is 1. The highest BCUT2D eigenvalue weighted by atomic mass is 16.7. The molecule has 1 aliphatic heterocycles. The summed E-state index contributed by atoms with van der Waals surface area (Å²) in [5.74, 6) is -0.103. The second-order valence-corrected chi connectivity index (χ2v) is 9.91. The van der Waals surface area contributed by atoms with Crippen LogP contribution in [0.1, 0.15) is 22.6 Å². The summed E-state index contributed by atoms with van der Waals surface area (Å²) in [6, 6.07) is 5.65. The number of aromatic nitrogens is 4. The van der Waals surface area contributed by atoms with Gasteiger partial charge >= 0.3 is 11.3 Å². The second-order valence-electron chi connectivity index (χ2n) is 9.91. The van der Waals surface area contributed by atoms with Crippen LogP contribution in [0.4, 0.5) is 0 Å². The molecule has 1 aliphatic rings. The molecule has 1 aromatic carbocycles. The molecular weight excluding hydrogens is 558 g/mol. The predicted molar refractivity (Wildman–Crippen MR) is 144 cm³/mol. The lowest BCUT2D eigenvalue weighted by molar-refractivity contribution is -0.277. The first-order valence-corrected chi connectivity index (χ1v) is 13.0. The van der Waals surface area contributed by atoms with Crippen molar-refractivity contribution >= 4 is 28.0 Å². The molecule has 0 radical (unpaired) electrons. The van der Waals surface area contributed by atoms with E-state index < -0.39 is 60.1 Å². The van der Waals surface area contributed by atoms with Gasteiger partial charge in [0.05, 0.1) is 6.61 Å². The van der Waals surface area contributed by atoms with Gasteiger partial charge in [-0.2, -0.15) is 0 Å². The lowest BCUT2D eigenvalue weighted by Gasteiger charge is -2.39. The molecule has 0 spiro atoms. The average Bonchev–Trinajstić information content (AvgIpc) is 3.41. The van der Waals surface area contributed by atoms with Crippen LogP contribution in [0.3, 0.4) is 0 Å². The fourth-order valence-corrected chi connectivity index (χ4v) is 4.67. The number of H-pyrrole nitrogens is 1. The highest BCUT2D eigenvalue weighted by molar-refractivity contribution is 5.96. The SMILES string of the molecule is Cn1c(=O)c2[nH]c(CCCNC(=O)c3cc4ccc(O[C@@H]5O[C@H](CO)[C@H](O)[C@H](O)[C@H]5O)cc4oc3=O)nc2n(C)c1=O. The van der Waals surface area contributed by atoms with Gasteiger partial charge in [0, 0.05) is 38.5 Å². The van der Waals surface area contributed by atoms with Gasteiger partial charge in [-0.3, -0.25) is 18.7 Å². The summed E-state index contributed by atoms with van der Waals surface area (Å²) in [6.07, 6.45) is -6.59. The summed E-state index contributed by atoms with van der Waals surface area (Å²) in [4.78, 5) is 56.9. The van der Waals surface area contributed by atoms with Crippen LogP contribution in [-0.4, -0.2) is 89.3 Å². The van der Waals surface area contributed by atoms with Crippen molar-refractivity contribution in [2.75, 3.05) is 13.2 Å². The first-order valence-electron chi connectivity index (χ1n) is 13.0. The van der Waals surface area contributed by atoms with Gasteiger partial charge in [-0.1, -0.05) is 0 Å². The highest BCUT2D eigenvalue weighted by Gasteiger charge is 2.44. The number of nitrogens with zero attached hydrogens (tertiary/aromatic N) is 3. The Morgan fingerprint density at radius 1 is 1.10 bits per heavy atom. The maximum atomic E-state index is 12.7. The quantitative estimate of drug-likeness (QED) is 0.0936. The third-order valence-electron chi connectivity index (χ3n) is 7.07. The maximum Gasteiger partial charge on any atom is 0.349 e. The predicted octanol–water partition coefficient (Wildman–Crippen LogP) is -2.39. The van der Waals surface area contributed by atoms with Gasteiger partial charge in [0.1, 0.15) is 52.7 Å². The number of fused-ring (bicyclic) bond motifs is 2. The summed E-state index contributed by atoms with van der Waals surface area (Å²) in [7, 11) is 2.89. The molecule has 5 atom stereocenters. The fourth-order valence-electron chi connectivity index (χ4n) is 4.67. The molecule has 16 heteroatoms. The number of nitrogens with one attached hydrogen (secondary N) is 2. The van der Waals surface area contributed by atoms with E-state index in [4.69, 9.17) is 13.9 Å². The van der Waals surface area contributed by atoms with E-state index in [0.717, 1.165) is 4.57 Å². The molecule has 0 aliphatic carbocycles. The van der Waals surface area contributed by atoms with E-state index in [0.29, 0.717) is 24.1 Å². The molecule has 4 aromatic rings. The molecule has 5 rings (SSSR count). The first-order chi connectivity index (χ1) is 20.0. The summed E-state index contributed by atoms with van der Waals surface area (Å²) >= 11 is 0. The van der Waals surface area contributed by atoms with Crippen molar-refractivity contribution in [3.05, 3.63) is 66.9 Å². The Morgan fingerprint density at radius 3 is 2.60 bits per heavy atom. The summed E-state index contributed by atoms with van der Waals surface area (Å²) < 4.78 is 18.4. The van der Waals surface area contributed by atoms with Crippen LogP contribution >= 0.6 is 0 Å². The number of carbonyl (C=O) groups is 1. The molecule has 1 amide bonds. The third-order valence-corrected chi connectivity index (χ3v) is 7.07. The van der Waals surface area contributed by atoms with Crippen molar-refractivity contribution in [1.29, 1.82) is 0 Å². The van der Waals surface area contributed by atoms with Gasteiger partial charge in [-0.25, -0.2) is 14.6 Å². The smallest absolute Gasteiger partial charge is 0.349 e. The summed E-state index contributed by atoms with van der Waals surface area (Å²) in [5, 5.41) is 42.4. The number of hydrogen-bond acceptors (Lipinski definition) is 12. The lowest BCUT2D eigenvalue weighted by Crippen LogP contribution is -2.60. The summed E-state index contributed by atoms with van der Waals surface area (Å²) in [6.45, 7) is -0.443. The van der Waals surface area contributed by atoms with Crippen molar-refractivity contribution in [1.82, 2.24) is 24.4 Å². The van der Waals surface area contributed by atoms with E-state index in [2.05, 4.69) is 15.3 Å². The molecule has 1 fully saturated rings.